The molecule has 35 heavy (non-hydrogen) atoms. The van der Waals surface area contributed by atoms with Gasteiger partial charge in [-0.2, -0.15) is 0 Å². The number of para-hydroxylation sites is 1. The summed E-state index contributed by atoms with van der Waals surface area (Å²) in [4.78, 5) is 30.3. The number of carbonyl (C=O) groups excluding carboxylic acids is 2. The number of anilines is 1. The molecule has 0 aromatic heterocycles. The second-order valence-electron chi connectivity index (χ2n) is 8.35. The highest BCUT2D eigenvalue weighted by molar-refractivity contribution is 5.95. The van der Waals surface area contributed by atoms with Crippen LogP contribution in [0.15, 0.2) is 59.8 Å². The number of benzene rings is 2. The van der Waals surface area contributed by atoms with Gasteiger partial charge in [0.2, 0.25) is 0 Å². The van der Waals surface area contributed by atoms with Crippen molar-refractivity contribution < 1.29 is 23.8 Å². The number of methoxy groups -OCH3 is 2. The van der Waals surface area contributed by atoms with Gasteiger partial charge in [-0.1, -0.05) is 24.3 Å². The van der Waals surface area contributed by atoms with E-state index in [2.05, 4.69) is 26.5 Å². The van der Waals surface area contributed by atoms with Crippen LogP contribution in [0.5, 0.6) is 11.5 Å². The van der Waals surface area contributed by atoms with Crippen molar-refractivity contribution >= 4 is 17.7 Å². The summed E-state index contributed by atoms with van der Waals surface area (Å²) in [6, 6.07) is 14.3. The molecule has 0 spiro atoms. The van der Waals surface area contributed by atoms with Gasteiger partial charge in [-0.15, -0.1) is 0 Å². The zero-order valence-electron chi connectivity index (χ0n) is 20.4. The van der Waals surface area contributed by atoms with Crippen molar-refractivity contribution in [1.29, 1.82) is 0 Å². The molecule has 1 atom stereocenters. The lowest BCUT2D eigenvalue weighted by Crippen LogP contribution is -2.51. The highest BCUT2D eigenvalue weighted by Gasteiger charge is 2.36. The fourth-order valence-electron chi connectivity index (χ4n) is 4.53. The summed E-state index contributed by atoms with van der Waals surface area (Å²) in [5.41, 5.74) is 2.76. The Kier molecular flexibility index (Phi) is 7.77. The molecule has 0 radical (unpaired) electrons. The number of ether oxygens (including phenoxy) is 3. The third-order valence-electron chi connectivity index (χ3n) is 6.27. The number of hydrogen-bond donors (Lipinski definition) is 2. The number of esters is 1. The smallest absolute Gasteiger partial charge is 0.338 e. The number of urea groups is 1. The second kappa shape index (κ2) is 11.1. The zero-order valence-corrected chi connectivity index (χ0v) is 20.4. The Hall–Kier alpha value is -3.72. The lowest BCUT2D eigenvalue weighted by Gasteiger charge is -2.38. The fraction of sp³-hybridized carbons (Fsp3) is 0.385. The van der Waals surface area contributed by atoms with Crippen LogP contribution in [-0.2, 0) is 9.53 Å². The van der Waals surface area contributed by atoms with Crippen molar-refractivity contribution in [2.45, 2.75) is 13.0 Å². The van der Waals surface area contributed by atoms with E-state index in [-0.39, 0.29) is 12.6 Å². The van der Waals surface area contributed by atoms with Gasteiger partial charge in [-0.25, -0.2) is 9.59 Å². The number of hydrogen-bond acceptors (Lipinski definition) is 7. The first-order valence-electron chi connectivity index (χ1n) is 11.8. The van der Waals surface area contributed by atoms with E-state index in [1.165, 1.54) is 0 Å². The van der Waals surface area contributed by atoms with Crippen LogP contribution in [0.4, 0.5) is 10.5 Å². The highest BCUT2D eigenvalue weighted by Crippen LogP contribution is 2.34. The molecule has 4 rings (SSSR count). The van der Waals surface area contributed by atoms with Crippen LogP contribution in [0.25, 0.3) is 0 Å². The van der Waals surface area contributed by atoms with Gasteiger partial charge in [-0.05, 0) is 25.1 Å². The van der Waals surface area contributed by atoms with Crippen LogP contribution in [0.1, 0.15) is 18.5 Å². The van der Waals surface area contributed by atoms with Gasteiger partial charge in [-0.3, -0.25) is 4.90 Å². The van der Waals surface area contributed by atoms with Gasteiger partial charge in [0.05, 0.1) is 32.4 Å². The molecule has 0 unspecified atom stereocenters. The lowest BCUT2D eigenvalue weighted by atomic mass is 9.94. The van der Waals surface area contributed by atoms with Gasteiger partial charge in [0.25, 0.3) is 0 Å². The molecule has 0 saturated carbocycles. The Morgan fingerprint density at radius 2 is 1.80 bits per heavy atom. The minimum atomic E-state index is -0.674. The van der Waals surface area contributed by atoms with Crippen LogP contribution in [-0.4, -0.2) is 70.5 Å². The van der Waals surface area contributed by atoms with Crippen LogP contribution in [0, 0.1) is 0 Å². The van der Waals surface area contributed by atoms with E-state index in [0.717, 1.165) is 37.6 Å². The van der Waals surface area contributed by atoms with Crippen molar-refractivity contribution in [3.8, 4) is 11.5 Å². The normalized spacial score (nSPS) is 18.5. The van der Waals surface area contributed by atoms with Gasteiger partial charge >= 0.3 is 12.0 Å². The second-order valence-corrected chi connectivity index (χ2v) is 8.35. The minimum absolute atomic E-state index is 0.238. The maximum atomic E-state index is 13.1. The SMILES string of the molecule is CCOC(=O)C1=C(CN2CCN(c3cccc(OC)c3)CC2)NC(=O)N[C@H]1c1ccccc1OC. The monoisotopic (exact) mass is 480 g/mol. The molecule has 2 aliphatic heterocycles. The van der Waals surface area contributed by atoms with Crippen molar-refractivity contribution in [1.82, 2.24) is 15.5 Å². The molecule has 9 nitrogen and oxygen atoms in total. The largest absolute Gasteiger partial charge is 0.497 e. The average Bonchev–Trinajstić information content (AvgIpc) is 2.89. The van der Waals surface area contributed by atoms with Crippen molar-refractivity contribution in [2.75, 3.05) is 58.5 Å². The zero-order chi connectivity index (χ0) is 24.8. The van der Waals surface area contributed by atoms with Crippen molar-refractivity contribution in [3.63, 3.8) is 0 Å². The van der Waals surface area contributed by atoms with Crippen LogP contribution < -0.4 is 25.0 Å². The van der Waals surface area contributed by atoms with E-state index in [0.29, 0.717) is 29.1 Å². The Morgan fingerprint density at radius 3 is 2.51 bits per heavy atom. The van der Waals surface area contributed by atoms with Gasteiger partial charge in [0, 0.05) is 55.7 Å². The first-order valence-corrected chi connectivity index (χ1v) is 11.8. The molecule has 2 heterocycles. The first-order chi connectivity index (χ1) is 17.0. The summed E-state index contributed by atoms with van der Waals surface area (Å²) < 4.78 is 16.2. The molecule has 2 aliphatic rings. The summed E-state index contributed by atoms with van der Waals surface area (Å²) in [7, 11) is 3.23. The van der Waals surface area contributed by atoms with E-state index >= 15 is 0 Å². The predicted molar refractivity (Wildman–Crippen MR) is 133 cm³/mol. The van der Waals surface area contributed by atoms with Gasteiger partial charge in [0.1, 0.15) is 11.5 Å². The number of carbonyl (C=O) groups is 2. The standard InChI is InChI=1S/C26H32N4O5/c1-4-35-25(31)23-21(27-26(32)28-24(23)20-10-5-6-11-22(20)34-3)17-29-12-14-30(15-13-29)18-8-7-9-19(16-18)33-2/h5-11,16,24H,4,12-15,17H2,1-3H3,(H2,27,28,32)/t24-/m0/s1. The molecular weight excluding hydrogens is 448 g/mol. The van der Waals surface area contributed by atoms with E-state index in [1.807, 2.05) is 42.5 Å². The maximum absolute atomic E-state index is 13.1. The summed E-state index contributed by atoms with van der Waals surface area (Å²) in [5, 5.41) is 5.74. The molecule has 2 aromatic rings. The number of nitrogens with zero attached hydrogens (tertiary/aromatic N) is 2. The Bertz CT molecular complexity index is 1090. The quantitative estimate of drug-likeness (QED) is 0.562. The predicted octanol–water partition coefficient (Wildman–Crippen LogP) is 2.70. The van der Waals surface area contributed by atoms with E-state index < -0.39 is 12.0 Å². The minimum Gasteiger partial charge on any atom is -0.497 e. The Balaban J connectivity index is 1.57. The molecule has 0 bridgehead atoms. The topological polar surface area (TPSA) is 92.4 Å². The molecule has 0 aliphatic carbocycles. The van der Waals surface area contributed by atoms with Gasteiger partial charge < -0.3 is 29.7 Å². The molecule has 2 aromatic carbocycles. The summed E-state index contributed by atoms with van der Waals surface area (Å²) in [6.45, 7) is 5.62. The number of nitrogens with one attached hydrogen (secondary N) is 2. The van der Waals surface area contributed by atoms with Crippen LogP contribution >= 0.6 is 0 Å². The van der Waals surface area contributed by atoms with Crippen molar-refractivity contribution in [3.05, 3.63) is 65.4 Å². The highest BCUT2D eigenvalue weighted by atomic mass is 16.5. The molecule has 2 N–H and O–H groups in total. The molecule has 1 saturated heterocycles. The summed E-state index contributed by atoms with van der Waals surface area (Å²) in [5.74, 6) is 0.961. The first kappa shape index (κ1) is 24.4. The average molecular weight is 481 g/mol. The number of amides is 2. The van der Waals surface area contributed by atoms with E-state index in [9.17, 15) is 9.59 Å². The summed E-state index contributed by atoms with van der Waals surface area (Å²) >= 11 is 0. The van der Waals surface area contributed by atoms with Crippen LogP contribution in [0.2, 0.25) is 0 Å². The van der Waals surface area contributed by atoms with Crippen molar-refractivity contribution in [2.24, 2.45) is 0 Å². The fourth-order valence-corrected chi connectivity index (χ4v) is 4.53. The number of rotatable bonds is 8. The molecule has 9 heteroatoms. The van der Waals surface area contributed by atoms with Gasteiger partial charge in [0.15, 0.2) is 0 Å². The van der Waals surface area contributed by atoms with E-state index in [4.69, 9.17) is 14.2 Å². The van der Waals surface area contributed by atoms with E-state index in [1.54, 1.807) is 21.1 Å². The molecule has 186 valence electrons. The molecule has 2 amide bonds. The van der Waals surface area contributed by atoms with Crippen LogP contribution in [0.3, 0.4) is 0 Å². The Labute approximate surface area is 205 Å². The molecular formula is C26H32N4O5. The number of piperazine rings is 1. The lowest BCUT2D eigenvalue weighted by molar-refractivity contribution is -0.139. The maximum Gasteiger partial charge on any atom is 0.338 e. The third-order valence-corrected chi connectivity index (χ3v) is 6.27. The third kappa shape index (κ3) is 5.51. The Morgan fingerprint density at radius 1 is 1.03 bits per heavy atom. The molecule has 1 fully saturated rings. The summed E-state index contributed by atoms with van der Waals surface area (Å²) in [6.07, 6.45) is 0.